The van der Waals surface area contributed by atoms with Crippen LogP contribution in [0.1, 0.15) is 32.8 Å². The molecule has 1 aromatic carbocycles. The zero-order valence-electron chi connectivity index (χ0n) is 12.9. The van der Waals surface area contributed by atoms with Gasteiger partial charge in [-0.05, 0) is 26.8 Å². The topological polar surface area (TPSA) is 81.5 Å². The summed E-state index contributed by atoms with van der Waals surface area (Å²) < 4.78 is 5.06. The second-order valence-electron chi connectivity index (χ2n) is 5.52. The second kappa shape index (κ2) is 8.04. The van der Waals surface area contributed by atoms with Crippen LogP contribution < -0.4 is 5.32 Å². The van der Waals surface area contributed by atoms with Crippen molar-refractivity contribution >= 4 is 35.0 Å². The van der Waals surface area contributed by atoms with E-state index in [1.165, 1.54) is 6.07 Å². The third-order valence-electron chi connectivity index (χ3n) is 2.38. The van der Waals surface area contributed by atoms with E-state index >= 15 is 0 Å². The maximum absolute atomic E-state index is 11.4. The van der Waals surface area contributed by atoms with Gasteiger partial charge in [-0.3, -0.25) is 10.1 Å². The molecule has 1 aromatic rings. The van der Waals surface area contributed by atoms with Crippen molar-refractivity contribution in [1.29, 1.82) is 0 Å². The maximum Gasteiger partial charge on any atom is 0.407 e. The summed E-state index contributed by atoms with van der Waals surface area (Å²) in [4.78, 5) is 21.8. The Morgan fingerprint density at radius 2 is 1.96 bits per heavy atom. The summed E-state index contributed by atoms with van der Waals surface area (Å²) >= 11 is 11.6. The number of carbonyl (C=O) groups excluding carboxylic acids is 1. The summed E-state index contributed by atoms with van der Waals surface area (Å²) in [5.41, 5.74) is -0.621. The SMILES string of the molecule is CC(C)(C)OC(=O)NCCC#Cc1cc(Cl)c(Cl)cc1[N+](=O)[O-]. The van der Waals surface area contributed by atoms with Crippen molar-refractivity contribution in [1.82, 2.24) is 5.32 Å². The van der Waals surface area contributed by atoms with Crippen LogP contribution in [0.4, 0.5) is 10.5 Å². The van der Waals surface area contributed by atoms with Crippen molar-refractivity contribution in [3.05, 3.63) is 37.9 Å². The Morgan fingerprint density at radius 3 is 2.52 bits per heavy atom. The fourth-order valence-electron chi connectivity index (χ4n) is 1.49. The molecule has 6 nitrogen and oxygen atoms in total. The average molecular weight is 359 g/mol. The van der Waals surface area contributed by atoms with Crippen LogP contribution in [-0.4, -0.2) is 23.2 Å². The molecule has 0 saturated carbocycles. The number of benzene rings is 1. The van der Waals surface area contributed by atoms with Crippen LogP contribution >= 0.6 is 23.2 Å². The van der Waals surface area contributed by atoms with Gasteiger partial charge >= 0.3 is 6.09 Å². The van der Waals surface area contributed by atoms with Gasteiger partial charge in [0.05, 0.1) is 15.0 Å². The van der Waals surface area contributed by atoms with Gasteiger partial charge in [0.2, 0.25) is 0 Å². The molecule has 124 valence electrons. The number of ether oxygens (including phenoxy) is 1. The predicted octanol–water partition coefficient (Wildman–Crippen LogP) is 4.17. The highest BCUT2D eigenvalue weighted by molar-refractivity contribution is 6.42. The molecule has 0 radical (unpaired) electrons. The molecule has 0 spiro atoms. The summed E-state index contributed by atoms with van der Waals surface area (Å²) in [6.45, 7) is 5.54. The minimum atomic E-state index is -0.578. The van der Waals surface area contributed by atoms with Crippen LogP contribution in [0.15, 0.2) is 12.1 Å². The van der Waals surface area contributed by atoms with Crippen molar-refractivity contribution in [3.8, 4) is 11.8 Å². The Balaban J connectivity index is 2.66. The Labute approximate surface area is 144 Å². The molecule has 23 heavy (non-hydrogen) atoms. The molecule has 0 fully saturated rings. The summed E-state index contributed by atoms with van der Waals surface area (Å²) in [7, 11) is 0. The number of amides is 1. The molecule has 0 aliphatic rings. The molecule has 0 bridgehead atoms. The Morgan fingerprint density at radius 1 is 1.35 bits per heavy atom. The number of rotatable bonds is 3. The summed E-state index contributed by atoms with van der Waals surface area (Å²) in [5.74, 6) is 5.39. The number of halogens is 2. The molecule has 1 amide bonds. The van der Waals surface area contributed by atoms with Crippen molar-refractivity contribution in [2.45, 2.75) is 32.8 Å². The fourth-order valence-corrected chi connectivity index (χ4v) is 1.81. The predicted molar refractivity (Wildman–Crippen MR) is 88.8 cm³/mol. The van der Waals surface area contributed by atoms with Crippen molar-refractivity contribution < 1.29 is 14.5 Å². The molecule has 8 heteroatoms. The van der Waals surface area contributed by atoms with Gasteiger partial charge < -0.3 is 10.1 Å². The number of carbonyl (C=O) groups is 1. The maximum atomic E-state index is 11.4. The first-order valence-electron chi connectivity index (χ1n) is 6.69. The van der Waals surface area contributed by atoms with Gasteiger partial charge in [-0.15, -0.1) is 0 Å². The summed E-state index contributed by atoms with van der Waals surface area (Å²) in [6.07, 6.45) is -0.240. The first-order valence-corrected chi connectivity index (χ1v) is 7.45. The van der Waals surface area contributed by atoms with Crippen LogP contribution in [0, 0.1) is 22.0 Å². The van der Waals surface area contributed by atoms with Gasteiger partial charge in [-0.1, -0.05) is 35.0 Å². The quantitative estimate of drug-likeness (QED) is 0.380. The molecule has 1 rings (SSSR count). The van der Waals surface area contributed by atoms with Crippen LogP contribution in [0.25, 0.3) is 0 Å². The van der Waals surface area contributed by atoms with Crippen molar-refractivity contribution in [3.63, 3.8) is 0 Å². The van der Waals surface area contributed by atoms with Gasteiger partial charge in [0.1, 0.15) is 11.2 Å². The van der Waals surface area contributed by atoms with E-state index in [0.29, 0.717) is 6.42 Å². The highest BCUT2D eigenvalue weighted by atomic mass is 35.5. The molecule has 0 aromatic heterocycles. The second-order valence-corrected chi connectivity index (χ2v) is 6.34. The van der Waals surface area contributed by atoms with Crippen LogP contribution in [0.3, 0.4) is 0 Å². The van der Waals surface area contributed by atoms with E-state index in [1.54, 1.807) is 20.8 Å². The fraction of sp³-hybridized carbons (Fsp3) is 0.400. The summed E-state index contributed by atoms with van der Waals surface area (Å²) in [6, 6.07) is 2.50. The lowest BCUT2D eigenvalue weighted by atomic mass is 10.2. The van der Waals surface area contributed by atoms with Gasteiger partial charge in [-0.2, -0.15) is 0 Å². The van der Waals surface area contributed by atoms with E-state index < -0.39 is 16.6 Å². The number of nitro benzene ring substituents is 1. The smallest absolute Gasteiger partial charge is 0.407 e. The van der Waals surface area contributed by atoms with Gasteiger partial charge in [0, 0.05) is 19.0 Å². The number of nitrogens with one attached hydrogen (secondary N) is 1. The third-order valence-corrected chi connectivity index (χ3v) is 3.10. The number of hydrogen-bond acceptors (Lipinski definition) is 4. The Kier molecular flexibility index (Phi) is 6.67. The Bertz CT molecular complexity index is 673. The van der Waals surface area contributed by atoms with E-state index in [-0.39, 0.29) is 27.8 Å². The standard InChI is InChI=1S/C15H16Cl2N2O4/c1-15(2,3)23-14(20)18-7-5-4-6-10-8-11(16)12(17)9-13(10)19(21)22/h8-9H,5,7H2,1-3H3,(H,18,20). The van der Waals surface area contributed by atoms with Crippen LogP contribution in [0.5, 0.6) is 0 Å². The van der Waals surface area contributed by atoms with Crippen molar-refractivity contribution in [2.75, 3.05) is 6.54 Å². The van der Waals surface area contributed by atoms with Crippen molar-refractivity contribution in [2.24, 2.45) is 0 Å². The van der Waals surface area contributed by atoms with E-state index in [4.69, 9.17) is 27.9 Å². The van der Waals surface area contributed by atoms with Gasteiger partial charge in [0.15, 0.2) is 0 Å². The minimum absolute atomic E-state index is 0.0931. The normalized spacial score (nSPS) is 10.5. The van der Waals surface area contributed by atoms with E-state index in [0.717, 1.165) is 6.07 Å². The lowest BCUT2D eigenvalue weighted by Crippen LogP contribution is -2.32. The molecule has 0 aliphatic carbocycles. The first kappa shape index (κ1) is 19.1. The third kappa shape index (κ3) is 6.76. The highest BCUT2D eigenvalue weighted by Crippen LogP contribution is 2.29. The monoisotopic (exact) mass is 358 g/mol. The molecule has 0 heterocycles. The molecule has 0 unspecified atom stereocenters. The average Bonchev–Trinajstić information content (AvgIpc) is 2.39. The van der Waals surface area contributed by atoms with E-state index in [1.807, 2.05) is 0 Å². The number of hydrogen-bond donors (Lipinski definition) is 1. The molecule has 0 atom stereocenters. The van der Waals surface area contributed by atoms with Crippen LogP contribution in [0.2, 0.25) is 10.0 Å². The minimum Gasteiger partial charge on any atom is -0.444 e. The molecular formula is C15H16Cl2N2O4. The van der Waals surface area contributed by atoms with Crippen LogP contribution in [-0.2, 0) is 4.74 Å². The molecule has 0 saturated heterocycles. The zero-order chi connectivity index (χ0) is 17.6. The van der Waals surface area contributed by atoms with E-state index in [2.05, 4.69) is 17.2 Å². The molecule has 0 aliphatic heterocycles. The van der Waals surface area contributed by atoms with Gasteiger partial charge in [0.25, 0.3) is 5.69 Å². The highest BCUT2D eigenvalue weighted by Gasteiger charge is 2.16. The lowest BCUT2D eigenvalue weighted by Gasteiger charge is -2.19. The first-order chi connectivity index (χ1) is 10.6. The lowest BCUT2D eigenvalue weighted by molar-refractivity contribution is -0.385. The molecular weight excluding hydrogens is 343 g/mol. The number of nitro groups is 1. The zero-order valence-corrected chi connectivity index (χ0v) is 14.4. The largest absolute Gasteiger partial charge is 0.444 e. The summed E-state index contributed by atoms with van der Waals surface area (Å²) in [5, 5.41) is 13.8. The molecule has 1 N–H and O–H groups in total. The van der Waals surface area contributed by atoms with Gasteiger partial charge in [-0.25, -0.2) is 4.79 Å². The van der Waals surface area contributed by atoms with E-state index in [9.17, 15) is 14.9 Å². The number of alkyl carbamates (subject to hydrolysis) is 1. The Hall–Kier alpha value is -1.97. The number of nitrogens with zero attached hydrogens (tertiary/aromatic N) is 1.